The predicted octanol–water partition coefficient (Wildman–Crippen LogP) is 1.89. The molecule has 1 N–H and O–H groups in total. The van der Waals surface area contributed by atoms with E-state index in [1.165, 1.54) is 12.1 Å². The molecule has 1 aliphatic heterocycles. The zero-order valence-electron chi connectivity index (χ0n) is 11.5. The first-order chi connectivity index (χ1) is 9.40. The molecule has 0 spiro atoms. The second-order valence-corrected chi connectivity index (χ2v) is 6.29. The molecule has 2 aliphatic rings. The van der Waals surface area contributed by atoms with E-state index in [4.69, 9.17) is 12.2 Å². The lowest BCUT2D eigenvalue weighted by Gasteiger charge is -2.26. The molecule has 20 heavy (non-hydrogen) atoms. The highest BCUT2D eigenvalue weighted by Gasteiger charge is 2.61. The summed E-state index contributed by atoms with van der Waals surface area (Å²) in [5.74, 6) is -0.578. The number of nitrogens with one attached hydrogen (secondary N) is 1. The fourth-order valence-corrected chi connectivity index (χ4v) is 3.51. The molecule has 6 heteroatoms. The normalized spacial score (nSPS) is 27.6. The average molecular weight is 297 g/mol. The van der Waals surface area contributed by atoms with Crippen molar-refractivity contribution in [2.24, 2.45) is 5.92 Å². The summed E-state index contributed by atoms with van der Waals surface area (Å²) in [4.78, 5) is 2.08. The fourth-order valence-electron chi connectivity index (χ4n) is 3.19. The highest BCUT2D eigenvalue weighted by Crippen LogP contribution is 2.59. The van der Waals surface area contributed by atoms with Crippen LogP contribution in [0, 0.1) is 17.6 Å². The Balaban J connectivity index is 1.78. The molecule has 1 saturated carbocycles. The first-order valence-corrected chi connectivity index (χ1v) is 7.01. The third kappa shape index (κ3) is 2.27. The van der Waals surface area contributed by atoms with Gasteiger partial charge in [-0.2, -0.15) is 0 Å². The van der Waals surface area contributed by atoms with Crippen LogP contribution >= 0.6 is 12.2 Å². The van der Waals surface area contributed by atoms with Crippen LogP contribution in [-0.4, -0.2) is 42.2 Å². The Bertz CT molecular complexity index is 543. The fraction of sp³-hybridized carbons (Fsp3) is 0.500. The molecule has 0 bridgehead atoms. The highest BCUT2D eigenvalue weighted by molar-refractivity contribution is 7.80. The van der Waals surface area contributed by atoms with Gasteiger partial charge in [0.2, 0.25) is 0 Å². The van der Waals surface area contributed by atoms with Gasteiger partial charge in [-0.05, 0) is 42.3 Å². The van der Waals surface area contributed by atoms with E-state index < -0.39 is 11.6 Å². The number of likely N-dealkylation sites (tertiary alicyclic amines) is 1. The minimum atomic E-state index is -0.507. The van der Waals surface area contributed by atoms with Crippen LogP contribution in [0.3, 0.4) is 0 Å². The molecule has 2 fully saturated rings. The quantitative estimate of drug-likeness (QED) is 0.663. The molecular formula is C14H17F2N3S. The summed E-state index contributed by atoms with van der Waals surface area (Å²) in [5.41, 5.74) is 3.70. The van der Waals surface area contributed by atoms with E-state index in [0.717, 1.165) is 31.1 Å². The summed E-state index contributed by atoms with van der Waals surface area (Å²) in [5, 5.41) is 2.46. The number of piperidine rings is 1. The van der Waals surface area contributed by atoms with Gasteiger partial charge < -0.3 is 4.90 Å². The minimum absolute atomic E-state index is 0.124. The zero-order chi connectivity index (χ0) is 14.5. The molecule has 1 aromatic rings. The van der Waals surface area contributed by atoms with Gasteiger partial charge in [0.25, 0.3) is 0 Å². The summed E-state index contributed by atoms with van der Waals surface area (Å²) < 4.78 is 26.8. The zero-order valence-corrected chi connectivity index (χ0v) is 12.3. The number of rotatable bonds is 2. The molecule has 0 aromatic heterocycles. The van der Waals surface area contributed by atoms with Gasteiger partial charge in [-0.3, -0.25) is 5.43 Å². The maximum Gasteiger partial charge on any atom is 0.183 e. The number of thiocarbonyl (C=S) groups is 1. The van der Waals surface area contributed by atoms with Gasteiger partial charge in [0, 0.05) is 38.7 Å². The molecule has 3 rings (SSSR count). The summed E-state index contributed by atoms with van der Waals surface area (Å²) in [6.45, 7) is 1.57. The second-order valence-electron chi connectivity index (χ2n) is 5.91. The number of nitrogens with zero attached hydrogens (tertiary/aromatic N) is 2. The number of hydrazine groups is 1. The topological polar surface area (TPSA) is 18.5 Å². The predicted molar refractivity (Wildman–Crippen MR) is 77.1 cm³/mol. The summed E-state index contributed by atoms with van der Waals surface area (Å²) in [6.07, 6.45) is 0.983. The number of hydrogen-bond donors (Lipinski definition) is 1. The monoisotopic (exact) mass is 297 g/mol. The largest absolute Gasteiger partial charge is 0.347 e. The Hall–Kier alpha value is -1.27. The minimum Gasteiger partial charge on any atom is -0.347 e. The molecule has 1 heterocycles. The number of hydrogen-bond acceptors (Lipinski definition) is 2. The van der Waals surface area contributed by atoms with Crippen molar-refractivity contribution in [2.45, 2.75) is 11.8 Å². The van der Waals surface area contributed by atoms with Gasteiger partial charge >= 0.3 is 0 Å². The van der Waals surface area contributed by atoms with Gasteiger partial charge in [-0.15, -0.1) is 0 Å². The van der Waals surface area contributed by atoms with E-state index >= 15 is 0 Å². The molecule has 1 saturated heterocycles. The van der Waals surface area contributed by atoms with Crippen molar-refractivity contribution in [1.29, 1.82) is 0 Å². The van der Waals surface area contributed by atoms with E-state index in [1.807, 2.05) is 14.1 Å². The van der Waals surface area contributed by atoms with Crippen LogP contribution in [-0.2, 0) is 5.41 Å². The maximum absolute atomic E-state index is 13.4. The van der Waals surface area contributed by atoms with Crippen molar-refractivity contribution in [3.63, 3.8) is 0 Å². The van der Waals surface area contributed by atoms with Crippen LogP contribution in [0.1, 0.15) is 12.0 Å². The van der Waals surface area contributed by atoms with Gasteiger partial charge in [0.15, 0.2) is 5.11 Å². The first kappa shape index (κ1) is 13.7. The molecule has 108 valence electrons. The molecule has 2 unspecified atom stereocenters. The van der Waals surface area contributed by atoms with E-state index in [-0.39, 0.29) is 5.41 Å². The Morgan fingerprint density at radius 2 is 2.00 bits per heavy atom. The van der Waals surface area contributed by atoms with Gasteiger partial charge in [0.1, 0.15) is 11.6 Å². The second kappa shape index (κ2) is 4.63. The summed E-state index contributed by atoms with van der Waals surface area (Å²) >= 11 is 5.34. The molecule has 0 radical (unpaired) electrons. The molecule has 3 nitrogen and oxygen atoms in total. The van der Waals surface area contributed by atoms with Crippen LogP contribution in [0.5, 0.6) is 0 Å². The Labute approximate surface area is 122 Å². The molecule has 0 amide bonds. The van der Waals surface area contributed by atoms with E-state index in [0.29, 0.717) is 11.0 Å². The van der Waals surface area contributed by atoms with Crippen LogP contribution in [0.4, 0.5) is 8.78 Å². The Morgan fingerprint density at radius 1 is 1.35 bits per heavy atom. The summed E-state index contributed by atoms with van der Waals surface area (Å²) in [6, 6.07) is 3.83. The molecule has 1 aliphatic carbocycles. The molecule has 2 atom stereocenters. The molecular weight excluding hydrogens is 280 g/mol. The lowest BCUT2D eigenvalue weighted by molar-refractivity contribution is 0.327. The van der Waals surface area contributed by atoms with E-state index in [9.17, 15) is 8.78 Å². The number of fused-ring (bicyclic) bond motifs is 1. The van der Waals surface area contributed by atoms with Gasteiger partial charge in [-0.1, -0.05) is 0 Å². The third-order valence-electron chi connectivity index (χ3n) is 4.19. The van der Waals surface area contributed by atoms with Gasteiger partial charge in [0.05, 0.1) is 0 Å². The first-order valence-electron chi connectivity index (χ1n) is 6.60. The SMILES string of the molecule is CN(C)NC(=S)N1CC2CC2(c2cc(F)cc(F)c2)C1. The average Bonchev–Trinajstić information content (AvgIpc) is 2.90. The van der Waals surface area contributed by atoms with Crippen molar-refractivity contribution >= 4 is 17.3 Å². The summed E-state index contributed by atoms with van der Waals surface area (Å²) in [7, 11) is 3.75. The van der Waals surface area contributed by atoms with Crippen LogP contribution in [0.2, 0.25) is 0 Å². The highest BCUT2D eigenvalue weighted by atomic mass is 32.1. The Kier molecular flexibility index (Phi) is 3.17. The van der Waals surface area contributed by atoms with Gasteiger partial charge in [-0.25, -0.2) is 13.8 Å². The van der Waals surface area contributed by atoms with E-state index in [2.05, 4.69) is 10.3 Å². The van der Waals surface area contributed by atoms with Crippen molar-refractivity contribution in [1.82, 2.24) is 15.3 Å². The van der Waals surface area contributed by atoms with E-state index in [1.54, 1.807) is 5.01 Å². The Morgan fingerprint density at radius 3 is 2.60 bits per heavy atom. The number of benzene rings is 1. The standard InChI is InChI=1S/C14H17F2N3S/c1-18(2)17-13(20)19-7-10-6-14(10,8-19)9-3-11(15)5-12(16)4-9/h3-5,10H,6-8H2,1-2H3,(H,17,20). The lowest BCUT2D eigenvalue weighted by atomic mass is 9.95. The van der Waals surface area contributed by atoms with Crippen molar-refractivity contribution in [3.8, 4) is 0 Å². The molecule has 1 aromatic carbocycles. The van der Waals surface area contributed by atoms with Crippen molar-refractivity contribution in [3.05, 3.63) is 35.4 Å². The maximum atomic E-state index is 13.4. The van der Waals surface area contributed by atoms with Crippen LogP contribution in [0.25, 0.3) is 0 Å². The third-order valence-corrected chi connectivity index (χ3v) is 4.54. The van der Waals surface area contributed by atoms with Crippen LogP contribution in [0.15, 0.2) is 18.2 Å². The van der Waals surface area contributed by atoms with Crippen LogP contribution < -0.4 is 5.43 Å². The van der Waals surface area contributed by atoms with Crippen molar-refractivity contribution < 1.29 is 8.78 Å². The van der Waals surface area contributed by atoms with Crippen molar-refractivity contribution in [2.75, 3.05) is 27.2 Å². The number of halogens is 2. The smallest absolute Gasteiger partial charge is 0.183 e. The lowest BCUT2D eigenvalue weighted by Crippen LogP contribution is -2.46.